The summed E-state index contributed by atoms with van der Waals surface area (Å²) in [6, 6.07) is 20.0. The largest absolute Gasteiger partial charge is 0.468 e. The number of rotatable bonds is 5. The maximum atomic E-state index is 11.7. The third-order valence-corrected chi connectivity index (χ3v) is 6.43. The number of amides is 1. The van der Waals surface area contributed by atoms with Crippen molar-refractivity contribution in [2.75, 3.05) is 6.54 Å². The van der Waals surface area contributed by atoms with Crippen molar-refractivity contribution in [2.24, 2.45) is 0 Å². The highest BCUT2D eigenvalue weighted by molar-refractivity contribution is 5.95. The minimum atomic E-state index is 0.0208. The molecular formula is C25H26N2O2. The summed E-state index contributed by atoms with van der Waals surface area (Å²) >= 11 is 0. The van der Waals surface area contributed by atoms with Crippen LogP contribution >= 0.6 is 0 Å². The van der Waals surface area contributed by atoms with Gasteiger partial charge in [-0.3, -0.25) is 9.69 Å². The second-order valence-electron chi connectivity index (χ2n) is 8.14. The van der Waals surface area contributed by atoms with E-state index in [4.69, 9.17) is 4.42 Å². The molecule has 3 heterocycles. The lowest BCUT2D eigenvalue weighted by Crippen LogP contribution is -2.43. The fourth-order valence-electron chi connectivity index (χ4n) is 5.14. The molecule has 2 aliphatic rings. The number of benzene rings is 2. The standard InChI is InChI=1S/C25H26N2O2/c1-17(28)26-15-24-23(22-10-4-7-18-6-2-3-9-21(18)22)14-19-11-12-25(24)27(19)16-20-8-5-13-29-20/h2-10,13,19,25H,11-12,14-16H2,1H3,(H,26,28)/t19-,25+/m0/s1. The van der Waals surface area contributed by atoms with Gasteiger partial charge in [0.1, 0.15) is 5.76 Å². The minimum Gasteiger partial charge on any atom is -0.468 e. The van der Waals surface area contributed by atoms with E-state index in [1.165, 1.54) is 33.9 Å². The normalized spacial score (nSPS) is 21.7. The molecule has 0 spiro atoms. The van der Waals surface area contributed by atoms with Crippen LogP contribution in [-0.2, 0) is 11.3 Å². The summed E-state index contributed by atoms with van der Waals surface area (Å²) in [7, 11) is 0. The molecular weight excluding hydrogens is 360 g/mol. The van der Waals surface area contributed by atoms with Crippen LogP contribution in [0.2, 0.25) is 0 Å². The average Bonchev–Trinajstić information content (AvgIpc) is 3.34. The fraction of sp³-hybridized carbons (Fsp3) is 0.320. The molecule has 1 fully saturated rings. The second-order valence-corrected chi connectivity index (χ2v) is 8.14. The van der Waals surface area contributed by atoms with E-state index in [1.54, 1.807) is 13.2 Å². The molecule has 4 nitrogen and oxygen atoms in total. The quantitative estimate of drug-likeness (QED) is 0.688. The van der Waals surface area contributed by atoms with Gasteiger partial charge in [-0.1, -0.05) is 42.5 Å². The molecule has 2 aromatic carbocycles. The minimum absolute atomic E-state index is 0.0208. The Morgan fingerprint density at radius 1 is 1.10 bits per heavy atom. The fourth-order valence-corrected chi connectivity index (χ4v) is 5.14. The monoisotopic (exact) mass is 386 g/mol. The number of hydrogen-bond acceptors (Lipinski definition) is 3. The Morgan fingerprint density at radius 3 is 2.79 bits per heavy atom. The summed E-state index contributed by atoms with van der Waals surface area (Å²) in [4.78, 5) is 14.3. The summed E-state index contributed by atoms with van der Waals surface area (Å²) in [5, 5.41) is 5.64. The first-order valence-electron chi connectivity index (χ1n) is 10.4. The lowest BCUT2D eigenvalue weighted by molar-refractivity contribution is -0.118. The van der Waals surface area contributed by atoms with Crippen molar-refractivity contribution in [1.82, 2.24) is 10.2 Å². The topological polar surface area (TPSA) is 45.5 Å². The predicted octanol–water partition coefficient (Wildman–Crippen LogP) is 4.76. The Bertz CT molecular complexity index is 1060. The lowest BCUT2D eigenvalue weighted by Gasteiger charge is -2.38. The van der Waals surface area contributed by atoms with Crippen molar-refractivity contribution in [1.29, 1.82) is 0 Å². The Hall–Kier alpha value is -2.85. The third-order valence-electron chi connectivity index (χ3n) is 6.43. The van der Waals surface area contributed by atoms with E-state index in [-0.39, 0.29) is 5.91 Å². The Kier molecular flexibility index (Phi) is 4.72. The SMILES string of the molecule is CC(=O)NCC1=C(c2cccc3ccccc23)C[C@@H]2CC[C@H]1N2Cc1ccco1. The Balaban J connectivity index is 1.59. The number of hydrogen-bond donors (Lipinski definition) is 1. The first-order chi connectivity index (χ1) is 14.2. The summed E-state index contributed by atoms with van der Waals surface area (Å²) < 4.78 is 5.64. The lowest BCUT2D eigenvalue weighted by atomic mass is 9.86. The van der Waals surface area contributed by atoms with Crippen molar-refractivity contribution in [3.8, 4) is 0 Å². The predicted molar refractivity (Wildman–Crippen MR) is 115 cm³/mol. The molecule has 1 N–H and O–H groups in total. The first-order valence-corrected chi connectivity index (χ1v) is 10.4. The van der Waals surface area contributed by atoms with Gasteiger partial charge in [0.2, 0.25) is 5.91 Å². The van der Waals surface area contributed by atoms with Crippen molar-refractivity contribution in [2.45, 2.75) is 44.8 Å². The average molecular weight is 386 g/mol. The highest BCUT2D eigenvalue weighted by Crippen LogP contribution is 2.44. The van der Waals surface area contributed by atoms with E-state index in [2.05, 4.69) is 58.7 Å². The number of furan rings is 1. The molecule has 0 saturated carbocycles. The zero-order valence-electron chi connectivity index (χ0n) is 16.7. The van der Waals surface area contributed by atoms with Gasteiger partial charge in [0.05, 0.1) is 12.8 Å². The van der Waals surface area contributed by atoms with Crippen LogP contribution in [-0.4, -0.2) is 29.4 Å². The van der Waals surface area contributed by atoms with Gasteiger partial charge in [0.25, 0.3) is 0 Å². The molecule has 0 aliphatic carbocycles. The van der Waals surface area contributed by atoms with Crippen molar-refractivity contribution in [3.63, 3.8) is 0 Å². The maximum absolute atomic E-state index is 11.7. The molecule has 1 amide bonds. The molecule has 148 valence electrons. The number of carbonyl (C=O) groups is 1. The van der Waals surface area contributed by atoms with Crippen molar-refractivity contribution < 1.29 is 9.21 Å². The summed E-state index contributed by atoms with van der Waals surface area (Å²) in [5.41, 5.74) is 4.09. The number of fused-ring (bicyclic) bond motifs is 3. The van der Waals surface area contributed by atoms with E-state index in [0.29, 0.717) is 18.6 Å². The van der Waals surface area contributed by atoms with Crippen LogP contribution in [0.25, 0.3) is 16.3 Å². The molecule has 29 heavy (non-hydrogen) atoms. The summed E-state index contributed by atoms with van der Waals surface area (Å²) in [6.45, 7) is 3.04. The molecule has 2 aliphatic heterocycles. The molecule has 2 bridgehead atoms. The third kappa shape index (κ3) is 3.38. The van der Waals surface area contributed by atoms with Crippen LogP contribution in [0.4, 0.5) is 0 Å². The van der Waals surface area contributed by atoms with Gasteiger partial charge < -0.3 is 9.73 Å². The van der Waals surface area contributed by atoms with E-state index in [1.807, 2.05) is 6.07 Å². The van der Waals surface area contributed by atoms with Crippen LogP contribution in [0, 0.1) is 0 Å². The summed E-state index contributed by atoms with van der Waals surface area (Å²) in [5.74, 6) is 1.03. The number of nitrogens with one attached hydrogen (secondary N) is 1. The van der Waals surface area contributed by atoms with Crippen LogP contribution in [0.3, 0.4) is 0 Å². The van der Waals surface area contributed by atoms with Crippen LogP contribution < -0.4 is 5.32 Å². The zero-order chi connectivity index (χ0) is 19.8. The molecule has 1 saturated heterocycles. The van der Waals surface area contributed by atoms with E-state index < -0.39 is 0 Å². The Morgan fingerprint density at radius 2 is 1.97 bits per heavy atom. The summed E-state index contributed by atoms with van der Waals surface area (Å²) in [6.07, 6.45) is 5.08. The van der Waals surface area contributed by atoms with E-state index in [9.17, 15) is 4.79 Å². The van der Waals surface area contributed by atoms with E-state index in [0.717, 1.165) is 25.1 Å². The second kappa shape index (κ2) is 7.53. The van der Waals surface area contributed by atoms with Crippen molar-refractivity contribution >= 4 is 22.3 Å². The first kappa shape index (κ1) is 18.2. The molecule has 0 radical (unpaired) electrons. The smallest absolute Gasteiger partial charge is 0.217 e. The number of nitrogens with zero attached hydrogens (tertiary/aromatic N) is 1. The van der Waals surface area contributed by atoms with Gasteiger partial charge >= 0.3 is 0 Å². The highest BCUT2D eigenvalue weighted by atomic mass is 16.3. The maximum Gasteiger partial charge on any atom is 0.217 e. The molecule has 1 aromatic heterocycles. The van der Waals surface area contributed by atoms with Crippen molar-refractivity contribution in [3.05, 3.63) is 77.8 Å². The van der Waals surface area contributed by atoms with E-state index >= 15 is 0 Å². The van der Waals surface area contributed by atoms with Crippen LogP contribution in [0.1, 0.15) is 37.5 Å². The van der Waals surface area contributed by atoms with Gasteiger partial charge in [-0.05, 0) is 58.9 Å². The van der Waals surface area contributed by atoms with Gasteiger partial charge in [-0.25, -0.2) is 0 Å². The van der Waals surface area contributed by atoms with Crippen LogP contribution in [0.5, 0.6) is 0 Å². The molecule has 0 unspecified atom stereocenters. The van der Waals surface area contributed by atoms with Gasteiger partial charge in [-0.2, -0.15) is 0 Å². The molecule has 2 atom stereocenters. The van der Waals surface area contributed by atoms with Gasteiger partial charge in [0, 0.05) is 25.6 Å². The number of carbonyl (C=O) groups excluding carboxylic acids is 1. The molecule has 4 heteroatoms. The zero-order valence-corrected chi connectivity index (χ0v) is 16.7. The van der Waals surface area contributed by atoms with Crippen LogP contribution in [0.15, 0.2) is 70.9 Å². The highest BCUT2D eigenvalue weighted by Gasteiger charge is 2.41. The molecule has 3 aromatic rings. The van der Waals surface area contributed by atoms with Gasteiger partial charge in [0.15, 0.2) is 0 Å². The molecule has 5 rings (SSSR count). The van der Waals surface area contributed by atoms with Gasteiger partial charge in [-0.15, -0.1) is 0 Å². The Labute approximate surface area is 171 Å².